The molecule has 1 saturated heterocycles. The van der Waals surface area contributed by atoms with Crippen LogP contribution in [0.25, 0.3) is 10.9 Å². The summed E-state index contributed by atoms with van der Waals surface area (Å²) >= 11 is 0. The van der Waals surface area contributed by atoms with E-state index in [4.69, 9.17) is 0 Å². The van der Waals surface area contributed by atoms with Crippen LogP contribution in [0.2, 0.25) is 0 Å². The van der Waals surface area contributed by atoms with Gasteiger partial charge in [-0.3, -0.25) is 14.2 Å². The monoisotopic (exact) mass is 526 g/mol. The van der Waals surface area contributed by atoms with Crippen LogP contribution in [-0.2, 0) is 6.42 Å². The second-order valence-electron chi connectivity index (χ2n) is 10.8. The second kappa shape index (κ2) is 11.1. The highest BCUT2D eigenvalue weighted by atomic mass is 19.1. The summed E-state index contributed by atoms with van der Waals surface area (Å²) in [6.07, 6.45) is 1.13. The number of benzene rings is 2. The molecule has 0 unspecified atom stereocenters. The van der Waals surface area contributed by atoms with Gasteiger partial charge in [0.2, 0.25) is 0 Å². The summed E-state index contributed by atoms with van der Waals surface area (Å²) in [7, 11) is 0. The number of para-hydroxylation sites is 1. The number of H-pyrrole nitrogens is 1. The zero-order chi connectivity index (χ0) is 27.0. The molecule has 3 heterocycles. The van der Waals surface area contributed by atoms with E-state index in [0.29, 0.717) is 37.2 Å². The Kier molecular flexibility index (Phi) is 7.84. The van der Waals surface area contributed by atoms with Gasteiger partial charge in [0.1, 0.15) is 11.6 Å². The predicted molar refractivity (Wildman–Crippen MR) is 146 cm³/mol. The van der Waals surface area contributed by atoms with Gasteiger partial charge < -0.3 is 15.4 Å². The Morgan fingerprint density at radius 3 is 2.58 bits per heavy atom. The van der Waals surface area contributed by atoms with Crippen LogP contribution in [0.15, 0.2) is 48.6 Å². The van der Waals surface area contributed by atoms with Crippen molar-refractivity contribution in [3.05, 3.63) is 77.0 Å². The molecular formula is C30H37F3N4O. The van der Waals surface area contributed by atoms with Crippen LogP contribution in [-0.4, -0.2) is 70.9 Å². The molecule has 0 spiro atoms. The number of likely N-dealkylation sites (tertiary alicyclic amines) is 1. The lowest BCUT2D eigenvalue weighted by atomic mass is 9.87. The highest BCUT2D eigenvalue weighted by molar-refractivity contribution is 5.85. The minimum atomic E-state index is -0.643. The molecule has 38 heavy (non-hydrogen) atoms. The van der Waals surface area contributed by atoms with Gasteiger partial charge in [-0.05, 0) is 62.4 Å². The van der Waals surface area contributed by atoms with E-state index in [9.17, 15) is 9.50 Å². The number of anilines is 1. The number of aromatic nitrogens is 1. The summed E-state index contributed by atoms with van der Waals surface area (Å²) in [5.41, 5.74) is 3.98. The molecular weight excluding hydrogens is 489 g/mol. The van der Waals surface area contributed by atoms with Crippen molar-refractivity contribution in [3.8, 4) is 0 Å². The highest BCUT2D eigenvalue weighted by Gasteiger charge is 2.39. The van der Waals surface area contributed by atoms with Crippen molar-refractivity contribution in [1.82, 2.24) is 14.8 Å². The van der Waals surface area contributed by atoms with Crippen molar-refractivity contribution in [3.63, 3.8) is 0 Å². The predicted octanol–water partition coefficient (Wildman–Crippen LogP) is 5.56. The van der Waals surface area contributed by atoms with Gasteiger partial charge in [0.05, 0.1) is 24.9 Å². The van der Waals surface area contributed by atoms with Crippen LogP contribution in [0.5, 0.6) is 0 Å². The Balaban J connectivity index is 1.47. The molecule has 5 rings (SSSR count). The van der Waals surface area contributed by atoms with Crippen LogP contribution >= 0.6 is 0 Å². The molecule has 0 bridgehead atoms. The lowest BCUT2D eigenvalue weighted by Crippen LogP contribution is -2.54. The van der Waals surface area contributed by atoms with E-state index in [2.05, 4.69) is 39.7 Å². The van der Waals surface area contributed by atoms with E-state index < -0.39 is 23.8 Å². The van der Waals surface area contributed by atoms with Crippen LogP contribution in [0, 0.1) is 11.6 Å². The molecule has 204 valence electrons. The Labute approximate surface area is 222 Å². The summed E-state index contributed by atoms with van der Waals surface area (Å²) in [4.78, 5) is 7.71. The van der Waals surface area contributed by atoms with Crippen molar-refractivity contribution in [1.29, 1.82) is 0 Å². The highest BCUT2D eigenvalue weighted by Crippen LogP contribution is 2.43. The summed E-state index contributed by atoms with van der Waals surface area (Å²) in [5, 5.41) is 14.3. The molecule has 2 aromatic carbocycles. The standard InChI is InChI=1S/C30H37F3N4O/c1-18(20(3)38)9-12-37-19(2)13-24-23-7-4-5-8-27(23)35-29(24)30(37)28-25(32)14-21(15-26(28)33)34-22-16-36(17-22)11-6-10-31/h4-5,7-8,14-15,19-20,22,30,34-35,38H,1,6,9-13,16-17H2,2-3H3/t19-,20-,30-/m0/s1. The largest absolute Gasteiger partial charge is 0.389 e. The van der Waals surface area contributed by atoms with Crippen molar-refractivity contribution in [2.45, 2.75) is 57.3 Å². The first-order valence-electron chi connectivity index (χ1n) is 13.5. The number of alkyl halides is 1. The van der Waals surface area contributed by atoms with E-state index in [-0.39, 0.29) is 24.3 Å². The fraction of sp³-hybridized carbons (Fsp3) is 0.467. The molecule has 3 N–H and O–H groups in total. The van der Waals surface area contributed by atoms with Gasteiger partial charge in [0, 0.05) is 60.1 Å². The molecule has 3 aromatic rings. The van der Waals surface area contributed by atoms with E-state index in [1.54, 1.807) is 6.92 Å². The molecule has 0 aliphatic carbocycles. The van der Waals surface area contributed by atoms with Gasteiger partial charge in [-0.2, -0.15) is 0 Å². The Bertz CT molecular complexity index is 1280. The van der Waals surface area contributed by atoms with Crippen LogP contribution < -0.4 is 5.32 Å². The normalized spacial score (nSPS) is 21.3. The average Bonchev–Trinajstić information content (AvgIpc) is 3.22. The number of halogens is 3. The van der Waals surface area contributed by atoms with Gasteiger partial charge in [0.15, 0.2) is 0 Å². The maximum absolute atomic E-state index is 15.9. The Morgan fingerprint density at radius 1 is 1.18 bits per heavy atom. The van der Waals surface area contributed by atoms with E-state index >= 15 is 8.78 Å². The lowest BCUT2D eigenvalue weighted by molar-refractivity contribution is 0.140. The van der Waals surface area contributed by atoms with Gasteiger partial charge in [-0.25, -0.2) is 8.78 Å². The van der Waals surface area contributed by atoms with E-state index in [1.165, 1.54) is 12.1 Å². The molecule has 3 atom stereocenters. The summed E-state index contributed by atoms with van der Waals surface area (Å²) in [6.45, 7) is 10.1. The molecule has 0 amide bonds. The number of hydrogen-bond acceptors (Lipinski definition) is 4. The first-order chi connectivity index (χ1) is 18.3. The quantitative estimate of drug-likeness (QED) is 0.303. The zero-order valence-corrected chi connectivity index (χ0v) is 22.1. The maximum atomic E-state index is 15.9. The van der Waals surface area contributed by atoms with Crippen molar-refractivity contribution in [2.24, 2.45) is 0 Å². The lowest BCUT2D eigenvalue weighted by Gasteiger charge is -2.42. The zero-order valence-electron chi connectivity index (χ0n) is 22.1. The van der Waals surface area contributed by atoms with E-state index in [0.717, 1.165) is 41.7 Å². The number of nitrogens with one attached hydrogen (secondary N) is 2. The molecule has 8 heteroatoms. The van der Waals surface area contributed by atoms with Crippen LogP contribution in [0.4, 0.5) is 18.9 Å². The smallest absolute Gasteiger partial charge is 0.133 e. The van der Waals surface area contributed by atoms with Crippen molar-refractivity contribution in [2.75, 3.05) is 38.2 Å². The Hall–Kier alpha value is -2.81. The molecule has 5 nitrogen and oxygen atoms in total. The number of aliphatic hydroxyl groups is 1. The summed E-state index contributed by atoms with van der Waals surface area (Å²) in [5.74, 6) is -1.19. The first-order valence-corrected chi connectivity index (χ1v) is 13.5. The average molecular weight is 527 g/mol. The minimum Gasteiger partial charge on any atom is -0.389 e. The third kappa shape index (κ3) is 5.22. The van der Waals surface area contributed by atoms with Crippen LogP contribution in [0.3, 0.4) is 0 Å². The number of aromatic amines is 1. The molecule has 2 aliphatic heterocycles. The third-order valence-electron chi connectivity index (χ3n) is 8.09. The topological polar surface area (TPSA) is 54.5 Å². The summed E-state index contributed by atoms with van der Waals surface area (Å²) < 4.78 is 44.1. The second-order valence-corrected chi connectivity index (χ2v) is 10.8. The Morgan fingerprint density at radius 2 is 1.89 bits per heavy atom. The number of fused-ring (bicyclic) bond motifs is 3. The SMILES string of the molecule is C=C(CCN1[C@@H](c2c(F)cc(NC3CN(CCCF)C3)cc2F)c2[nH]c3ccccc3c2C[C@@H]1C)[C@H](C)O. The maximum Gasteiger partial charge on any atom is 0.133 e. The molecule has 0 radical (unpaired) electrons. The number of hydrogen-bond donors (Lipinski definition) is 3. The fourth-order valence-corrected chi connectivity index (χ4v) is 5.94. The number of rotatable bonds is 10. The number of aliphatic hydroxyl groups excluding tert-OH is 1. The van der Waals surface area contributed by atoms with Gasteiger partial charge >= 0.3 is 0 Å². The van der Waals surface area contributed by atoms with Crippen molar-refractivity contribution < 1.29 is 18.3 Å². The molecule has 1 aromatic heterocycles. The fourth-order valence-electron chi connectivity index (χ4n) is 5.94. The molecule has 2 aliphatic rings. The molecule has 0 saturated carbocycles. The van der Waals surface area contributed by atoms with Crippen molar-refractivity contribution >= 4 is 16.6 Å². The number of nitrogens with zero attached hydrogens (tertiary/aromatic N) is 2. The van der Waals surface area contributed by atoms with Gasteiger partial charge in [-0.15, -0.1) is 0 Å². The molecule has 1 fully saturated rings. The van der Waals surface area contributed by atoms with E-state index in [1.807, 2.05) is 18.2 Å². The minimum absolute atomic E-state index is 0.0235. The first kappa shape index (κ1) is 26.8. The van der Waals surface area contributed by atoms with Crippen LogP contribution in [0.1, 0.15) is 49.6 Å². The van der Waals surface area contributed by atoms with Gasteiger partial charge in [-0.1, -0.05) is 24.8 Å². The van der Waals surface area contributed by atoms with Gasteiger partial charge in [0.25, 0.3) is 0 Å². The third-order valence-corrected chi connectivity index (χ3v) is 8.09. The summed E-state index contributed by atoms with van der Waals surface area (Å²) in [6, 6.07) is 10.2.